The van der Waals surface area contributed by atoms with Gasteiger partial charge in [0.2, 0.25) is 0 Å². The molecule has 2 rings (SSSR count). The first kappa shape index (κ1) is 19.9. The van der Waals surface area contributed by atoms with Crippen LogP contribution in [0.4, 0.5) is 26.3 Å². The summed E-state index contributed by atoms with van der Waals surface area (Å²) >= 11 is 0. The molecule has 1 aromatic rings. The lowest BCUT2D eigenvalue weighted by atomic mass is 9.85. The Kier molecular flexibility index (Phi) is 5.11. The van der Waals surface area contributed by atoms with Gasteiger partial charge in [-0.3, -0.25) is 4.79 Å². The lowest BCUT2D eigenvalue weighted by Crippen LogP contribution is -2.52. The van der Waals surface area contributed by atoms with Crippen LogP contribution in [-0.2, 0) is 4.79 Å². The van der Waals surface area contributed by atoms with Gasteiger partial charge in [0, 0.05) is 18.7 Å². The molecule has 0 saturated carbocycles. The molecule has 1 aliphatic heterocycles. The summed E-state index contributed by atoms with van der Waals surface area (Å²) in [6.07, 6.45) is -12.4. The van der Waals surface area contributed by atoms with E-state index in [1.54, 1.807) is 0 Å². The number of alkyl halides is 6. The number of benzene rings is 1. The van der Waals surface area contributed by atoms with Gasteiger partial charge in [-0.1, -0.05) is 6.07 Å². The molecule has 0 radical (unpaired) electrons. The van der Waals surface area contributed by atoms with Crippen LogP contribution in [0.2, 0.25) is 0 Å². The fourth-order valence-corrected chi connectivity index (χ4v) is 2.65. The summed E-state index contributed by atoms with van der Waals surface area (Å²) in [4.78, 5) is 23.2. The predicted molar refractivity (Wildman–Crippen MR) is 74.6 cm³/mol. The summed E-state index contributed by atoms with van der Waals surface area (Å²) < 4.78 is 83.2. The molecule has 0 aromatic heterocycles. The van der Waals surface area contributed by atoms with Gasteiger partial charge in [-0.25, -0.2) is 4.79 Å². The van der Waals surface area contributed by atoms with Crippen molar-refractivity contribution in [3.05, 3.63) is 29.8 Å². The smallest absolute Gasteiger partial charge is 0.404 e. The summed E-state index contributed by atoms with van der Waals surface area (Å²) in [7, 11) is 0. The van der Waals surface area contributed by atoms with Gasteiger partial charge in [0.25, 0.3) is 5.91 Å². The summed E-state index contributed by atoms with van der Waals surface area (Å²) in [5.41, 5.74) is -4.17. The second kappa shape index (κ2) is 6.69. The summed E-state index contributed by atoms with van der Waals surface area (Å²) in [5, 5.41) is 8.52. The standard InChI is InChI=1S/C15H13F6NO4/c16-14(17,18)13(15(19,20)21)4-5-22(8-13)12(25)9-2-1-3-10(6-9)26-7-11(23)24/h1-3,6H,4-5,7-8H2,(H,23,24). The normalized spacial score (nSPS) is 17.2. The predicted octanol–water partition coefficient (Wildman–Crippen LogP) is 3.11. The number of amides is 1. The van der Waals surface area contributed by atoms with Gasteiger partial charge in [-0.15, -0.1) is 0 Å². The molecule has 1 aliphatic rings. The van der Waals surface area contributed by atoms with Gasteiger partial charge in [0.15, 0.2) is 12.0 Å². The number of ether oxygens (including phenoxy) is 1. The highest BCUT2D eigenvalue weighted by molar-refractivity contribution is 5.94. The lowest BCUT2D eigenvalue weighted by Gasteiger charge is -2.33. The molecule has 0 bridgehead atoms. The number of aliphatic carboxylic acids is 1. The number of likely N-dealkylation sites (tertiary alicyclic amines) is 1. The zero-order valence-electron chi connectivity index (χ0n) is 13.0. The van der Waals surface area contributed by atoms with Crippen molar-refractivity contribution in [2.45, 2.75) is 18.8 Å². The average molecular weight is 385 g/mol. The number of hydrogen-bond acceptors (Lipinski definition) is 3. The van der Waals surface area contributed by atoms with Crippen molar-refractivity contribution in [1.29, 1.82) is 0 Å². The van der Waals surface area contributed by atoms with Crippen molar-refractivity contribution in [1.82, 2.24) is 4.90 Å². The molecule has 0 aliphatic carbocycles. The minimum Gasteiger partial charge on any atom is -0.482 e. The van der Waals surface area contributed by atoms with E-state index < -0.39 is 55.8 Å². The highest BCUT2D eigenvalue weighted by Crippen LogP contribution is 2.55. The molecule has 1 heterocycles. The molecule has 0 atom stereocenters. The largest absolute Gasteiger partial charge is 0.482 e. The Bertz CT molecular complexity index is 686. The van der Waals surface area contributed by atoms with Gasteiger partial charge < -0.3 is 14.7 Å². The molecule has 5 nitrogen and oxygen atoms in total. The van der Waals surface area contributed by atoms with E-state index in [4.69, 9.17) is 9.84 Å². The van der Waals surface area contributed by atoms with Gasteiger partial charge in [0.05, 0.1) is 0 Å². The SMILES string of the molecule is O=C(O)COc1cccc(C(=O)N2CCC(C(F)(F)F)(C(F)(F)F)C2)c1. The van der Waals surface area contributed by atoms with E-state index in [9.17, 15) is 35.9 Å². The van der Waals surface area contributed by atoms with Crippen molar-refractivity contribution < 1.29 is 45.8 Å². The monoisotopic (exact) mass is 385 g/mol. The third-order valence-corrected chi connectivity index (χ3v) is 4.09. The van der Waals surface area contributed by atoms with Gasteiger partial charge in [0.1, 0.15) is 5.75 Å². The molecule has 1 amide bonds. The summed E-state index contributed by atoms with van der Waals surface area (Å²) in [6.45, 7) is -2.95. The number of carboxylic acids is 1. The Morgan fingerprint density at radius 3 is 2.27 bits per heavy atom. The Hall–Kier alpha value is -2.46. The van der Waals surface area contributed by atoms with E-state index in [2.05, 4.69) is 0 Å². The van der Waals surface area contributed by atoms with Crippen LogP contribution in [0.3, 0.4) is 0 Å². The number of carbonyl (C=O) groups excluding carboxylic acids is 1. The minimum absolute atomic E-state index is 0.0460. The summed E-state index contributed by atoms with van der Waals surface area (Å²) in [6, 6.07) is 4.84. The molecule has 144 valence electrons. The third-order valence-electron chi connectivity index (χ3n) is 4.09. The Balaban J connectivity index is 2.21. The number of halogens is 6. The van der Waals surface area contributed by atoms with Gasteiger partial charge >= 0.3 is 18.3 Å². The average Bonchev–Trinajstić information content (AvgIpc) is 2.99. The van der Waals surface area contributed by atoms with Crippen molar-refractivity contribution in [2.24, 2.45) is 5.41 Å². The van der Waals surface area contributed by atoms with Crippen LogP contribution < -0.4 is 4.74 Å². The van der Waals surface area contributed by atoms with E-state index in [1.807, 2.05) is 0 Å². The van der Waals surface area contributed by atoms with Crippen molar-refractivity contribution in [2.75, 3.05) is 19.7 Å². The van der Waals surface area contributed by atoms with E-state index in [1.165, 1.54) is 18.2 Å². The topological polar surface area (TPSA) is 66.8 Å². The minimum atomic E-state index is -5.55. The fraction of sp³-hybridized carbons (Fsp3) is 0.467. The maximum atomic E-state index is 13.1. The van der Waals surface area contributed by atoms with Crippen LogP contribution in [0.25, 0.3) is 0 Å². The Morgan fingerprint density at radius 2 is 1.77 bits per heavy atom. The lowest BCUT2D eigenvalue weighted by molar-refractivity contribution is -0.334. The van der Waals surface area contributed by atoms with Crippen LogP contribution in [-0.4, -0.2) is 53.9 Å². The Morgan fingerprint density at radius 1 is 1.15 bits per heavy atom. The first-order valence-electron chi connectivity index (χ1n) is 7.25. The van der Waals surface area contributed by atoms with Crippen LogP contribution in [0.1, 0.15) is 16.8 Å². The number of nitrogens with zero attached hydrogens (tertiary/aromatic N) is 1. The molecule has 1 aromatic carbocycles. The van der Waals surface area contributed by atoms with E-state index in [-0.39, 0.29) is 11.3 Å². The van der Waals surface area contributed by atoms with Crippen molar-refractivity contribution >= 4 is 11.9 Å². The molecule has 0 unspecified atom stereocenters. The quantitative estimate of drug-likeness (QED) is 0.809. The summed E-state index contributed by atoms with van der Waals surface area (Å²) in [5.74, 6) is -2.36. The fourth-order valence-electron chi connectivity index (χ4n) is 2.65. The van der Waals surface area contributed by atoms with E-state index in [0.717, 1.165) is 6.07 Å². The van der Waals surface area contributed by atoms with Crippen LogP contribution in [0.15, 0.2) is 24.3 Å². The first-order chi connectivity index (χ1) is 11.9. The van der Waals surface area contributed by atoms with E-state index in [0.29, 0.717) is 4.90 Å². The second-order valence-corrected chi connectivity index (χ2v) is 5.76. The number of rotatable bonds is 4. The maximum absolute atomic E-state index is 13.1. The molecule has 26 heavy (non-hydrogen) atoms. The highest BCUT2D eigenvalue weighted by Gasteiger charge is 2.72. The van der Waals surface area contributed by atoms with Crippen molar-refractivity contribution in [3.8, 4) is 5.75 Å². The van der Waals surface area contributed by atoms with Crippen molar-refractivity contribution in [3.63, 3.8) is 0 Å². The highest BCUT2D eigenvalue weighted by atomic mass is 19.4. The number of hydrogen-bond donors (Lipinski definition) is 1. The second-order valence-electron chi connectivity index (χ2n) is 5.76. The van der Waals surface area contributed by atoms with Gasteiger partial charge in [-0.2, -0.15) is 26.3 Å². The molecule has 1 fully saturated rings. The van der Waals surface area contributed by atoms with Crippen LogP contribution in [0.5, 0.6) is 5.75 Å². The molecule has 1 saturated heterocycles. The van der Waals surface area contributed by atoms with Gasteiger partial charge in [-0.05, 0) is 24.6 Å². The molecule has 11 heteroatoms. The maximum Gasteiger partial charge on any atom is 0.404 e. The number of carboxylic acid groups (broad SMARTS) is 1. The number of carbonyl (C=O) groups is 2. The molecule has 1 N–H and O–H groups in total. The zero-order chi connectivity index (χ0) is 19.8. The Labute approximate surface area is 143 Å². The molecular formula is C15H13F6NO4. The van der Waals surface area contributed by atoms with Crippen LogP contribution in [0, 0.1) is 5.41 Å². The molecular weight excluding hydrogens is 372 g/mol. The third kappa shape index (κ3) is 3.70. The molecule has 0 spiro atoms. The van der Waals surface area contributed by atoms with E-state index >= 15 is 0 Å². The first-order valence-corrected chi connectivity index (χ1v) is 7.25. The zero-order valence-corrected chi connectivity index (χ0v) is 13.0. The van der Waals surface area contributed by atoms with Crippen LogP contribution >= 0.6 is 0 Å².